The van der Waals surface area contributed by atoms with E-state index in [9.17, 15) is 0 Å². The molecule has 0 radical (unpaired) electrons. The highest BCUT2D eigenvalue weighted by molar-refractivity contribution is 5.29. The van der Waals surface area contributed by atoms with Crippen molar-refractivity contribution in [1.82, 2.24) is 5.32 Å². The minimum atomic E-state index is 0.480. The van der Waals surface area contributed by atoms with Crippen molar-refractivity contribution in [3.8, 4) is 0 Å². The molecule has 1 atom stereocenters. The molecule has 0 spiro atoms. The fourth-order valence-electron chi connectivity index (χ4n) is 3.16. The van der Waals surface area contributed by atoms with Gasteiger partial charge in [-0.25, -0.2) is 0 Å². The van der Waals surface area contributed by atoms with Crippen molar-refractivity contribution in [3.63, 3.8) is 0 Å². The van der Waals surface area contributed by atoms with E-state index in [1.165, 1.54) is 30.5 Å². The lowest BCUT2D eigenvalue weighted by molar-refractivity contribution is 0.260. The summed E-state index contributed by atoms with van der Waals surface area (Å²) in [6.45, 7) is 9.17. The van der Waals surface area contributed by atoms with Gasteiger partial charge in [0, 0.05) is 19.0 Å². The molecule has 0 aromatic heterocycles. The highest BCUT2D eigenvalue weighted by atomic mass is 14.9. The molecule has 1 unspecified atom stereocenters. The molecule has 1 fully saturated rings. The molecule has 88 valence electrons. The summed E-state index contributed by atoms with van der Waals surface area (Å²) in [7, 11) is 0. The highest BCUT2D eigenvalue weighted by Crippen LogP contribution is 2.44. The van der Waals surface area contributed by atoms with E-state index < -0.39 is 0 Å². The third-order valence-corrected chi connectivity index (χ3v) is 4.42. The summed E-state index contributed by atoms with van der Waals surface area (Å²) in [6, 6.07) is 9.03. The zero-order chi connectivity index (χ0) is 11.6. The van der Waals surface area contributed by atoms with E-state index in [1.54, 1.807) is 0 Å². The van der Waals surface area contributed by atoms with Gasteiger partial charge in [0.05, 0.1) is 0 Å². The first-order valence-corrected chi connectivity index (χ1v) is 6.49. The molecule has 0 saturated carbocycles. The summed E-state index contributed by atoms with van der Waals surface area (Å²) in [5, 5.41) is 3.58. The van der Waals surface area contributed by atoms with E-state index in [-0.39, 0.29) is 0 Å². The second kappa shape index (κ2) is 4.58. The topological polar surface area (TPSA) is 12.0 Å². The molecule has 2 rings (SSSR count). The van der Waals surface area contributed by atoms with Crippen LogP contribution < -0.4 is 5.32 Å². The molecule has 1 N–H and O–H groups in total. The van der Waals surface area contributed by atoms with Crippen LogP contribution in [0.2, 0.25) is 0 Å². The van der Waals surface area contributed by atoms with E-state index >= 15 is 0 Å². The van der Waals surface area contributed by atoms with Crippen LogP contribution in [0.3, 0.4) is 0 Å². The van der Waals surface area contributed by atoms with Crippen LogP contribution in [-0.2, 0) is 0 Å². The SMILES string of the molecule is CCC1(CC)CNCC1c1cccc(C)c1. The van der Waals surface area contributed by atoms with Crippen molar-refractivity contribution in [1.29, 1.82) is 0 Å². The second-order valence-electron chi connectivity index (χ2n) is 5.17. The predicted molar refractivity (Wildman–Crippen MR) is 69.8 cm³/mol. The first-order valence-electron chi connectivity index (χ1n) is 6.49. The minimum Gasteiger partial charge on any atom is -0.316 e. The lowest BCUT2D eigenvalue weighted by Crippen LogP contribution is -2.27. The van der Waals surface area contributed by atoms with Crippen molar-refractivity contribution < 1.29 is 0 Å². The van der Waals surface area contributed by atoms with Gasteiger partial charge in [-0.3, -0.25) is 0 Å². The second-order valence-corrected chi connectivity index (χ2v) is 5.17. The van der Waals surface area contributed by atoms with E-state index in [2.05, 4.69) is 50.4 Å². The number of aryl methyl sites for hydroxylation is 1. The van der Waals surface area contributed by atoms with Crippen molar-refractivity contribution in [3.05, 3.63) is 35.4 Å². The summed E-state index contributed by atoms with van der Waals surface area (Å²) in [6.07, 6.45) is 2.55. The molecular formula is C15H23N. The number of nitrogens with one attached hydrogen (secondary N) is 1. The molecule has 1 aliphatic rings. The molecule has 1 heteroatoms. The number of rotatable bonds is 3. The Morgan fingerprint density at radius 3 is 2.69 bits per heavy atom. The smallest absolute Gasteiger partial charge is 0.00319 e. The Morgan fingerprint density at radius 1 is 1.31 bits per heavy atom. The van der Waals surface area contributed by atoms with Crippen molar-refractivity contribution in [2.75, 3.05) is 13.1 Å². The maximum atomic E-state index is 3.58. The fourth-order valence-corrected chi connectivity index (χ4v) is 3.16. The average Bonchev–Trinajstić information content (AvgIpc) is 2.73. The molecule has 0 bridgehead atoms. The van der Waals surface area contributed by atoms with Gasteiger partial charge in [-0.1, -0.05) is 43.7 Å². The Balaban J connectivity index is 2.32. The van der Waals surface area contributed by atoms with Crippen LogP contribution in [0.25, 0.3) is 0 Å². The van der Waals surface area contributed by atoms with Crippen LogP contribution in [0.5, 0.6) is 0 Å². The normalized spacial score (nSPS) is 23.6. The minimum absolute atomic E-state index is 0.480. The lowest BCUT2D eigenvalue weighted by Gasteiger charge is -2.33. The van der Waals surface area contributed by atoms with Gasteiger partial charge in [0.2, 0.25) is 0 Å². The summed E-state index contributed by atoms with van der Waals surface area (Å²) in [5.41, 5.74) is 3.38. The molecular weight excluding hydrogens is 194 g/mol. The molecule has 1 nitrogen and oxygen atoms in total. The van der Waals surface area contributed by atoms with E-state index in [1.807, 2.05) is 0 Å². The number of benzene rings is 1. The molecule has 16 heavy (non-hydrogen) atoms. The van der Waals surface area contributed by atoms with Crippen LogP contribution >= 0.6 is 0 Å². The first kappa shape index (κ1) is 11.7. The van der Waals surface area contributed by atoms with Gasteiger partial charge in [-0.05, 0) is 30.7 Å². The van der Waals surface area contributed by atoms with Gasteiger partial charge in [-0.15, -0.1) is 0 Å². The monoisotopic (exact) mass is 217 g/mol. The van der Waals surface area contributed by atoms with Crippen molar-refractivity contribution in [2.24, 2.45) is 5.41 Å². The highest BCUT2D eigenvalue weighted by Gasteiger charge is 2.40. The average molecular weight is 217 g/mol. The number of hydrogen-bond acceptors (Lipinski definition) is 1. The Kier molecular flexibility index (Phi) is 3.34. The van der Waals surface area contributed by atoms with Crippen LogP contribution in [0.15, 0.2) is 24.3 Å². The molecule has 0 amide bonds. The third kappa shape index (κ3) is 1.89. The molecule has 1 heterocycles. The molecule has 1 saturated heterocycles. The van der Waals surface area contributed by atoms with Gasteiger partial charge in [-0.2, -0.15) is 0 Å². The van der Waals surface area contributed by atoms with E-state index in [0.29, 0.717) is 11.3 Å². The standard InChI is InChI=1S/C15H23N/c1-4-15(5-2)11-16-10-14(15)13-8-6-7-12(3)9-13/h6-9,14,16H,4-5,10-11H2,1-3H3. The number of hydrogen-bond donors (Lipinski definition) is 1. The Labute approximate surface area is 99.3 Å². The maximum absolute atomic E-state index is 3.58. The summed E-state index contributed by atoms with van der Waals surface area (Å²) >= 11 is 0. The maximum Gasteiger partial charge on any atom is 0.00319 e. The van der Waals surface area contributed by atoms with Crippen LogP contribution in [0, 0.1) is 12.3 Å². The Morgan fingerprint density at radius 2 is 2.06 bits per heavy atom. The quantitative estimate of drug-likeness (QED) is 0.817. The zero-order valence-corrected chi connectivity index (χ0v) is 10.7. The molecule has 1 aromatic rings. The zero-order valence-electron chi connectivity index (χ0n) is 10.7. The van der Waals surface area contributed by atoms with E-state index in [4.69, 9.17) is 0 Å². The molecule has 1 aromatic carbocycles. The van der Waals surface area contributed by atoms with Crippen molar-refractivity contribution >= 4 is 0 Å². The summed E-state index contributed by atoms with van der Waals surface area (Å²) in [5.74, 6) is 0.697. The molecule has 1 aliphatic heterocycles. The van der Waals surface area contributed by atoms with Gasteiger partial charge in [0.25, 0.3) is 0 Å². The van der Waals surface area contributed by atoms with Crippen LogP contribution in [0.4, 0.5) is 0 Å². The van der Waals surface area contributed by atoms with Gasteiger partial charge >= 0.3 is 0 Å². The summed E-state index contributed by atoms with van der Waals surface area (Å²) < 4.78 is 0. The summed E-state index contributed by atoms with van der Waals surface area (Å²) in [4.78, 5) is 0. The van der Waals surface area contributed by atoms with Crippen LogP contribution in [0.1, 0.15) is 43.7 Å². The molecule has 0 aliphatic carbocycles. The predicted octanol–water partition coefficient (Wildman–Crippen LogP) is 3.49. The fraction of sp³-hybridized carbons (Fsp3) is 0.600. The Hall–Kier alpha value is -0.820. The lowest BCUT2D eigenvalue weighted by atomic mass is 9.71. The van der Waals surface area contributed by atoms with Gasteiger partial charge in [0.1, 0.15) is 0 Å². The Bertz CT molecular complexity index is 352. The van der Waals surface area contributed by atoms with E-state index in [0.717, 1.165) is 6.54 Å². The van der Waals surface area contributed by atoms with Crippen LogP contribution in [-0.4, -0.2) is 13.1 Å². The van der Waals surface area contributed by atoms with Crippen molar-refractivity contribution in [2.45, 2.75) is 39.5 Å². The van der Waals surface area contributed by atoms with Gasteiger partial charge < -0.3 is 5.32 Å². The van der Waals surface area contributed by atoms with Gasteiger partial charge in [0.15, 0.2) is 0 Å². The first-order chi connectivity index (χ1) is 7.72. The third-order valence-electron chi connectivity index (χ3n) is 4.42. The largest absolute Gasteiger partial charge is 0.316 e.